The lowest BCUT2D eigenvalue weighted by Crippen LogP contribution is -2.08. The van der Waals surface area contributed by atoms with E-state index < -0.39 is 11.7 Å². The second kappa shape index (κ2) is 4.88. The minimum absolute atomic E-state index is 0.0680. The van der Waals surface area contributed by atoms with Crippen molar-refractivity contribution in [1.82, 2.24) is 0 Å². The van der Waals surface area contributed by atoms with Crippen LogP contribution in [-0.4, -0.2) is 5.16 Å². The summed E-state index contributed by atoms with van der Waals surface area (Å²) in [5, 5.41) is 2.13. The average Bonchev–Trinajstić information content (AvgIpc) is 2.16. The molecule has 0 aliphatic heterocycles. The summed E-state index contributed by atoms with van der Waals surface area (Å²) in [6.07, 6.45) is -4.38. The van der Waals surface area contributed by atoms with Gasteiger partial charge < -0.3 is 0 Å². The van der Waals surface area contributed by atoms with Crippen LogP contribution in [0.15, 0.2) is 23.2 Å². The Morgan fingerprint density at radius 1 is 1.40 bits per heavy atom. The van der Waals surface area contributed by atoms with Gasteiger partial charge in [-0.05, 0) is 24.4 Å². The van der Waals surface area contributed by atoms with Crippen LogP contribution in [0, 0.1) is 0 Å². The highest BCUT2D eigenvalue weighted by Crippen LogP contribution is 2.36. The Morgan fingerprint density at radius 2 is 2.07 bits per heavy atom. The molecule has 1 aromatic carbocycles. The van der Waals surface area contributed by atoms with Crippen LogP contribution in [0.5, 0.6) is 0 Å². The topological polar surface area (TPSA) is 12.4 Å². The Labute approximate surface area is 98.1 Å². The van der Waals surface area contributed by atoms with Gasteiger partial charge in [-0.15, -0.1) is 0 Å². The Kier molecular flexibility index (Phi) is 4.02. The molecule has 0 unspecified atom stereocenters. The second-order valence-corrected chi connectivity index (χ2v) is 3.38. The molecule has 0 aromatic heterocycles. The van der Waals surface area contributed by atoms with E-state index in [1.807, 2.05) is 0 Å². The summed E-state index contributed by atoms with van der Waals surface area (Å²) in [7, 11) is 0. The Balaban J connectivity index is 3.41. The summed E-state index contributed by atoms with van der Waals surface area (Å²) in [4.78, 5) is 3.59. The lowest BCUT2D eigenvalue weighted by atomic mass is 10.1. The third-order valence-electron chi connectivity index (χ3n) is 1.76. The molecule has 1 rings (SSSR count). The van der Waals surface area contributed by atoms with Gasteiger partial charge in [-0.2, -0.15) is 18.2 Å². The molecule has 0 atom stereocenters. The zero-order valence-electron chi connectivity index (χ0n) is 7.31. The van der Waals surface area contributed by atoms with Crippen LogP contribution < -0.4 is 0 Å². The molecule has 15 heavy (non-hydrogen) atoms. The lowest BCUT2D eigenvalue weighted by Gasteiger charge is -2.12. The monoisotopic (exact) mass is 295 g/mol. The average molecular weight is 296 g/mol. The van der Waals surface area contributed by atoms with Gasteiger partial charge in [0, 0.05) is 10.9 Å². The van der Waals surface area contributed by atoms with E-state index in [9.17, 15) is 13.2 Å². The molecular formula is C9H5BrF3NS. The molecule has 0 radical (unpaired) electrons. The van der Waals surface area contributed by atoms with Crippen LogP contribution in [0.2, 0.25) is 0 Å². The normalized spacial score (nSPS) is 10.9. The maximum Gasteiger partial charge on any atom is 0.416 e. The number of halogens is 4. The van der Waals surface area contributed by atoms with Crippen molar-refractivity contribution >= 4 is 39.0 Å². The van der Waals surface area contributed by atoms with Crippen molar-refractivity contribution in [2.24, 2.45) is 4.99 Å². The third-order valence-corrected chi connectivity index (χ3v) is 2.41. The van der Waals surface area contributed by atoms with Crippen LogP contribution in [0.3, 0.4) is 0 Å². The maximum absolute atomic E-state index is 12.5. The summed E-state index contributed by atoms with van der Waals surface area (Å²) < 4.78 is 37.6. The molecule has 0 amide bonds. The fraction of sp³-hybridized carbons (Fsp3) is 0.222. The highest BCUT2D eigenvalue weighted by molar-refractivity contribution is 9.08. The van der Waals surface area contributed by atoms with Crippen LogP contribution in [0.4, 0.5) is 18.9 Å². The van der Waals surface area contributed by atoms with E-state index in [1.54, 1.807) is 0 Å². The molecule has 6 heteroatoms. The Hall–Kier alpha value is -0.710. The molecule has 0 bridgehead atoms. The smallest absolute Gasteiger partial charge is 0.194 e. The van der Waals surface area contributed by atoms with Crippen molar-refractivity contribution < 1.29 is 13.2 Å². The molecule has 0 aliphatic carbocycles. The number of benzene rings is 1. The lowest BCUT2D eigenvalue weighted by molar-refractivity contribution is -0.138. The quantitative estimate of drug-likeness (QED) is 0.449. The number of nitrogens with zero attached hydrogens (tertiary/aromatic N) is 1. The number of alkyl halides is 4. The summed E-state index contributed by atoms with van der Waals surface area (Å²) in [5.41, 5.74) is -0.440. The van der Waals surface area contributed by atoms with Gasteiger partial charge in [0.2, 0.25) is 0 Å². The molecule has 0 saturated carbocycles. The molecule has 0 fully saturated rings. The van der Waals surface area contributed by atoms with Crippen molar-refractivity contribution in [2.45, 2.75) is 11.5 Å². The number of thiocarbonyl (C=S) groups is 1. The van der Waals surface area contributed by atoms with E-state index in [1.165, 1.54) is 12.1 Å². The number of isothiocyanates is 1. The predicted molar refractivity (Wildman–Crippen MR) is 58.8 cm³/mol. The fourth-order valence-electron chi connectivity index (χ4n) is 1.13. The molecule has 80 valence electrons. The van der Waals surface area contributed by atoms with Gasteiger partial charge in [-0.1, -0.05) is 22.0 Å². The fourth-order valence-corrected chi connectivity index (χ4v) is 1.82. The van der Waals surface area contributed by atoms with Crippen LogP contribution >= 0.6 is 28.1 Å². The van der Waals surface area contributed by atoms with E-state index in [-0.39, 0.29) is 16.6 Å². The van der Waals surface area contributed by atoms with Gasteiger partial charge in [0.1, 0.15) is 0 Å². The zero-order chi connectivity index (χ0) is 11.5. The molecular weight excluding hydrogens is 291 g/mol. The minimum Gasteiger partial charge on any atom is -0.194 e. The van der Waals surface area contributed by atoms with Gasteiger partial charge >= 0.3 is 6.18 Å². The molecule has 0 heterocycles. The SMILES string of the molecule is FC(F)(F)c1cccc(N=C=S)c1CBr. The maximum atomic E-state index is 12.5. The minimum atomic E-state index is -4.38. The van der Waals surface area contributed by atoms with Gasteiger partial charge in [-0.3, -0.25) is 0 Å². The zero-order valence-corrected chi connectivity index (χ0v) is 9.71. The Bertz CT molecular complexity index is 410. The first-order valence-electron chi connectivity index (χ1n) is 3.83. The van der Waals surface area contributed by atoms with Gasteiger partial charge in [0.05, 0.1) is 16.4 Å². The highest BCUT2D eigenvalue weighted by atomic mass is 79.9. The number of aliphatic imine (C=N–C) groups is 1. The van der Waals surface area contributed by atoms with Gasteiger partial charge in [-0.25, -0.2) is 0 Å². The van der Waals surface area contributed by atoms with Crippen LogP contribution in [0.1, 0.15) is 11.1 Å². The van der Waals surface area contributed by atoms with Crippen LogP contribution in [-0.2, 0) is 11.5 Å². The largest absolute Gasteiger partial charge is 0.416 e. The number of hydrogen-bond donors (Lipinski definition) is 0. The first-order valence-corrected chi connectivity index (χ1v) is 5.36. The van der Waals surface area contributed by atoms with E-state index in [4.69, 9.17) is 0 Å². The van der Waals surface area contributed by atoms with E-state index in [0.717, 1.165) is 6.07 Å². The van der Waals surface area contributed by atoms with E-state index in [2.05, 4.69) is 38.3 Å². The first kappa shape index (κ1) is 12.4. The molecule has 1 nitrogen and oxygen atoms in total. The summed E-state index contributed by atoms with van der Waals surface area (Å²) in [5.74, 6) is 0. The van der Waals surface area contributed by atoms with E-state index >= 15 is 0 Å². The summed E-state index contributed by atoms with van der Waals surface area (Å²) >= 11 is 7.36. The molecule has 0 saturated heterocycles. The standard InChI is InChI=1S/C9H5BrF3NS/c10-4-6-7(9(11,12)13)2-1-3-8(6)14-5-15/h1-3H,4H2. The van der Waals surface area contributed by atoms with Gasteiger partial charge in [0.25, 0.3) is 0 Å². The second-order valence-electron chi connectivity index (χ2n) is 2.64. The molecule has 0 aliphatic rings. The summed E-state index contributed by atoms with van der Waals surface area (Å²) in [6, 6.07) is 3.77. The predicted octanol–water partition coefficient (Wildman–Crippen LogP) is 4.33. The highest BCUT2D eigenvalue weighted by Gasteiger charge is 2.33. The first-order chi connectivity index (χ1) is 7.00. The number of hydrogen-bond acceptors (Lipinski definition) is 2. The van der Waals surface area contributed by atoms with Crippen molar-refractivity contribution in [3.8, 4) is 0 Å². The summed E-state index contributed by atoms with van der Waals surface area (Å²) in [6.45, 7) is 0. The van der Waals surface area contributed by atoms with Crippen molar-refractivity contribution in [2.75, 3.05) is 0 Å². The Morgan fingerprint density at radius 3 is 2.53 bits per heavy atom. The molecule has 1 aromatic rings. The van der Waals surface area contributed by atoms with Crippen molar-refractivity contribution in [3.63, 3.8) is 0 Å². The van der Waals surface area contributed by atoms with Gasteiger partial charge in [0.15, 0.2) is 0 Å². The van der Waals surface area contributed by atoms with Crippen molar-refractivity contribution in [1.29, 1.82) is 0 Å². The van der Waals surface area contributed by atoms with E-state index in [0.29, 0.717) is 0 Å². The molecule has 0 N–H and O–H groups in total. The van der Waals surface area contributed by atoms with Crippen molar-refractivity contribution in [3.05, 3.63) is 29.3 Å². The number of rotatable bonds is 2. The molecule has 0 spiro atoms. The van der Waals surface area contributed by atoms with Crippen LogP contribution in [0.25, 0.3) is 0 Å². The third kappa shape index (κ3) is 2.87.